The van der Waals surface area contributed by atoms with Crippen LogP contribution in [0.4, 0.5) is 0 Å². The van der Waals surface area contributed by atoms with Crippen molar-refractivity contribution in [3.05, 3.63) is 0 Å². The summed E-state index contributed by atoms with van der Waals surface area (Å²) < 4.78 is 0. The van der Waals surface area contributed by atoms with E-state index in [1.165, 1.54) is 6.92 Å². The molecular weight excluding hydrogens is 122 g/mol. The Bertz CT molecular complexity index is 74.8. The van der Waals surface area contributed by atoms with E-state index in [0.29, 0.717) is 5.75 Å². The normalized spacial score (nSPS) is 11.9. The molecule has 0 aliphatic heterocycles. The number of Topliss-reactive ketones (excluding diaryl/α,β-unsaturated/α-hetero) is 1. The predicted octanol–water partition coefficient (Wildman–Crippen LogP) is 0.469. The third-order valence-electron chi connectivity index (χ3n) is 0.719. The number of thiol groups is 1. The average molecular weight is 135 g/mol. The van der Waals surface area contributed by atoms with Crippen molar-refractivity contribution in [2.45, 2.75) is 20.4 Å². The standard InChI is InChI=1S/C4H9NOS.CH4/c1-3(6)4(5)2-7;/h4,7H,2,5H2,1H3;1H4/t4-;/m0./s1. The Hall–Kier alpha value is -0.0200. The molecule has 0 heterocycles. The van der Waals surface area contributed by atoms with E-state index in [4.69, 9.17) is 5.73 Å². The van der Waals surface area contributed by atoms with Gasteiger partial charge in [0, 0.05) is 5.75 Å². The van der Waals surface area contributed by atoms with E-state index < -0.39 is 0 Å². The van der Waals surface area contributed by atoms with Gasteiger partial charge in [-0.3, -0.25) is 4.79 Å². The third kappa shape index (κ3) is 4.15. The Morgan fingerprint density at radius 1 is 1.88 bits per heavy atom. The van der Waals surface area contributed by atoms with Gasteiger partial charge in [0.05, 0.1) is 6.04 Å². The number of hydrogen-bond donors (Lipinski definition) is 2. The molecule has 0 saturated carbocycles. The predicted molar refractivity (Wildman–Crippen MR) is 39.2 cm³/mol. The lowest BCUT2D eigenvalue weighted by atomic mass is 10.3. The Morgan fingerprint density at radius 3 is 2.25 bits per heavy atom. The lowest BCUT2D eigenvalue weighted by Gasteiger charge is -1.98. The minimum Gasteiger partial charge on any atom is -0.321 e. The SMILES string of the molecule is C.CC(=O)[C@@H](N)CS. The van der Waals surface area contributed by atoms with Gasteiger partial charge in [0.2, 0.25) is 0 Å². The maximum Gasteiger partial charge on any atom is 0.147 e. The van der Waals surface area contributed by atoms with Crippen LogP contribution in [0.15, 0.2) is 0 Å². The molecule has 0 unspecified atom stereocenters. The molecule has 0 aliphatic carbocycles. The van der Waals surface area contributed by atoms with Gasteiger partial charge in [-0.2, -0.15) is 12.6 Å². The van der Waals surface area contributed by atoms with Gasteiger partial charge in [0.25, 0.3) is 0 Å². The van der Waals surface area contributed by atoms with Crippen molar-refractivity contribution in [3.63, 3.8) is 0 Å². The quantitative estimate of drug-likeness (QED) is 0.540. The Kier molecular flexibility index (Phi) is 6.96. The van der Waals surface area contributed by atoms with Crippen LogP contribution in [-0.4, -0.2) is 17.6 Å². The second-order valence-electron chi connectivity index (χ2n) is 1.40. The van der Waals surface area contributed by atoms with Gasteiger partial charge in [-0.25, -0.2) is 0 Å². The zero-order valence-electron chi connectivity index (χ0n) is 4.22. The van der Waals surface area contributed by atoms with Crippen molar-refractivity contribution >= 4 is 18.4 Å². The summed E-state index contributed by atoms with van der Waals surface area (Å²) in [6.45, 7) is 1.46. The van der Waals surface area contributed by atoms with Gasteiger partial charge in [0.15, 0.2) is 0 Å². The number of nitrogens with two attached hydrogens (primary N) is 1. The van der Waals surface area contributed by atoms with Crippen molar-refractivity contribution in [3.8, 4) is 0 Å². The van der Waals surface area contributed by atoms with Crippen molar-refractivity contribution in [1.82, 2.24) is 0 Å². The molecule has 0 aromatic carbocycles. The summed E-state index contributed by atoms with van der Waals surface area (Å²) in [6, 6.07) is -0.372. The molecule has 0 bridgehead atoms. The lowest BCUT2D eigenvalue weighted by Crippen LogP contribution is -2.29. The van der Waals surface area contributed by atoms with E-state index in [2.05, 4.69) is 12.6 Å². The molecule has 0 rings (SSSR count). The van der Waals surface area contributed by atoms with Crippen molar-refractivity contribution in [1.29, 1.82) is 0 Å². The Morgan fingerprint density at radius 2 is 2.25 bits per heavy atom. The van der Waals surface area contributed by atoms with E-state index >= 15 is 0 Å². The summed E-state index contributed by atoms with van der Waals surface area (Å²) in [7, 11) is 0. The third-order valence-corrected chi connectivity index (χ3v) is 1.11. The number of rotatable bonds is 2. The second-order valence-corrected chi connectivity index (χ2v) is 1.76. The van der Waals surface area contributed by atoms with Crippen molar-refractivity contribution in [2.24, 2.45) is 5.73 Å². The van der Waals surface area contributed by atoms with Gasteiger partial charge >= 0.3 is 0 Å². The minimum absolute atomic E-state index is 0. The van der Waals surface area contributed by atoms with Gasteiger partial charge in [-0.15, -0.1) is 0 Å². The molecule has 8 heavy (non-hydrogen) atoms. The fraction of sp³-hybridized carbons (Fsp3) is 0.800. The molecule has 1 atom stereocenters. The second kappa shape index (κ2) is 5.12. The first-order valence-corrected chi connectivity index (χ1v) is 2.68. The summed E-state index contributed by atoms with van der Waals surface area (Å²) >= 11 is 3.81. The highest BCUT2D eigenvalue weighted by molar-refractivity contribution is 7.80. The Balaban J connectivity index is 0. The molecule has 50 valence electrons. The molecule has 0 amide bonds. The van der Waals surface area contributed by atoms with Crippen molar-refractivity contribution in [2.75, 3.05) is 5.75 Å². The van der Waals surface area contributed by atoms with Gasteiger partial charge < -0.3 is 5.73 Å². The molecule has 0 saturated heterocycles. The van der Waals surface area contributed by atoms with E-state index in [0.717, 1.165) is 0 Å². The molecule has 3 heteroatoms. The molecule has 2 N–H and O–H groups in total. The van der Waals surface area contributed by atoms with Crippen LogP contribution in [0, 0.1) is 0 Å². The first kappa shape index (κ1) is 10.9. The van der Waals surface area contributed by atoms with E-state index in [1.54, 1.807) is 0 Å². The van der Waals surface area contributed by atoms with E-state index in [1.807, 2.05) is 0 Å². The van der Waals surface area contributed by atoms with E-state index in [-0.39, 0.29) is 19.3 Å². The smallest absolute Gasteiger partial charge is 0.147 e. The monoisotopic (exact) mass is 135 g/mol. The van der Waals surface area contributed by atoms with Crippen LogP contribution in [0.1, 0.15) is 14.4 Å². The highest BCUT2D eigenvalue weighted by atomic mass is 32.1. The zero-order valence-corrected chi connectivity index (χ0v) is 5.11. The fourth-order valence-corrected chi connectivity index (χ4v) is 0.386. The summed E-state index contributed by atoms with van der Waals surface area (Å²) in [4.78, 5) is 10.2. The average Bonchev–Trinajstić information content (AvgIpc) is 1.65. The molecule has 0 aromatic rings. The topological polar surface area (TPSA) is 43.1 Å². The highest BCUT2D eigenvalue weighted by Crippen LogP contribution is 1.82. The number of hydrogen-bond acceptors (Lipinski definition) is 3. The van der Waals surface area contributed by atoms with Crippen LogP contribution < -0.4 is 5.73 Å². The summed E-state index contributed by atoms with van der Waals surface area (Å²) in [5, 5.41) is 0. The number of carbonyl (C=O) groups is 1. The van der Waals surface area contributed by atoms with Crippen LogP contribution >= 0.6 is 12.6 Å². The first-order chi connectivity index (χ1) is 3.18. The van der Waals surface area contributed by atoms with Crippen LogP contribution in [0.3, 0.4) is 0 Å². The van der Waals surface area contributed by atoms with Crippen LogP contribution in [0.2, 0.25) is 0 Å². The maximum atomic E-state index is 10.2. The molecule has 0 aliphatic rings. The molecule has 0 spiro atoms. The van der Waals surface area contributed by atoms with Crippen LogP contribution in [0.5, 0.6) is 0 Å². The Labute approximate surface area is 55.9 Å². The molecular formula is C5H13NOS. The van der Waals surface area contributed by atoms with Crippen LogP contribution in [0.25, 0.3) is 0 Å². The van der Waals surface area contributed by atoms with Crippen LogP contribution in [-0.2, 0) is 4.79 Å². The summed E-state index contributed by atoms with van der Waals surface area (Å²) in [6.07, 6.45) is 0. The fourth-order valence-electron chi connectivity index (χ4n) is 0.129. The van der Waals surface area contributed by atoms with Gasteiger partial charge in [0.1, 0.15) is 5.78 Å². The molecule has 0 radical (unpaired) electrons. The summed E-state index contributed by atoms with van der Waals surface area (Å²) in [5.74, 6) is 0.435. The largest absolute Gasteiger partial charge is 0.321 e. The molecule has 2 nitrogen and oxygen atoms in total. The van der Waals surface area contributed by atoms with Crippen molar-refractivity contribution < 1.29 is 4.79 Å². The van der Waals surface area contributed by atoms with E-state index in [9.17, 15) is 4.79 Å². The number of carbonyl (C=O) groups excluding carboxylic acids is 1. The maximum absolute atomic E-state index is 10.2. The van der Waals surface area contributed by atoms with Gasteiger partial charge in [-0.05, 0) is 6.92 Å². The minimum atomic E-state index is -0.372. The molecule has 0 fully saturated rings. The highest BCUT2D eigenvalue weighted by Gasteiger charge is 2.02. The zero-order chi connectivity index (χ0) is 5.86. The first-order valence-electron chi connectivity index (χ1n) is 2.05. The number of ketones is 1. The van der Waals surface area contributed by atoms with Gasteiger partial charge in [-0.1, -0.05) is 7.43 Å². The lowest BCUT2D eigenvalue weighted by molar-refractivity contribution is -0.117. The molecule has 0 aromatic heterocycles. The summed E-state index contributed by atoms with van der Waals surface area (Å²) in [5.41, 5.74) is 5.19.